The van der Waals surface area contributed by atoms with Gasteiger partial charge in [0.1, 0.15) is 0 Å². The van der Waals surface area contributed by atoms with Gasteiger partial charge in [0.15, 0.2) is 0 Å². The highest BCUT2D eigenvalue weighted by molar-refractivity contribution is 5.10. The Kier molecular flexibility index (Phi) is 3.51. The molecule has 0 amide bonds. The minimum atomic E-state index is 0.377. The molecule has 2 fully saturated rings. The van der Waals surface area contributed by atoms with E-state index in [1.165, 1.54) is 25.7 Å². The Balaban J connectivity index is 2.03. The van der Waals surface area contributed by atoms with Gasteiger partial charge >= 0.3 is 0 Å². The SMILES string of the molecule is CCO[C@@H]1C[C@@H](N(C)CC#N)C12CCCC2. The molecular formula is C13H22N2O. The van der Waals surface area contributed by atoms with Crippen molar-refractivity contribution in [3.8, 4) is 6.07 Å². The molecule has 16 heavy (non-hydrogen) atoms. The molecule has 0 bridgehead atoms. The Labute approximate surface area is 98.4 Å². The van der Waals surface area contributed by atoms with Gasteiger partial charge in [-0.25, -0.2) is 0 Å². The number of nitrogens with zero attached hydrogens (tertiary/aromatic N) is 2. The average molecular weight is 222 g/mol. The van der Waals surface area contributed by atoms with E-state index in [1.807, 2.05) is 0 Å². The first-order chi connectivity index (χ1) is 7.74. The Morgan fingerprint density at radius 1 is 1.44 bits per heavy atom. The van der Waals surface area contributed by atoms with E-state index in [0.717, 1.165) is 13.0 Å². The van der Waals surface area contributed by atoms with Crippen LogP contribution in [0.25, 0.3) is 0 Å². The highest BCUT2D eigenvalue weighted by Crippen LogP contribution is 2.56. The number of rotatable bonds is 4. The van der Waals surface area contributed by atoms with Crippen molar-refractivity contribution in [2.75, 3.05) is 20.2 Å². The van der Waals surface area contributed by atoms with Crippen LogP contribution >= 0.6 is 0 Å². The van der Waals surface area contributed by atoms with Gasteiger partial charge in [-0.15, -0.1) is 0 Å². The van der Waals surface area contributed by atoms with Gasteiger partial charge in [-0.3, -0.25) is 4.90 Å². The van der Waals surface area contributed by atoms with E-state index in [1.54, 1.807) is 0 Å². The van der Waals surface area contributed by atoms with Gasteiger partial charge in [-0.1, -0.05) is 12.8 Å². The summed E-state index contributed by atoms with van der Waals surface area (Å²) in [6, 6.07) is 2.83. The van der Waals surface area contributed by atoms with E-state index < -0.39 is 0 Å². The average Bonchev–Trinajstić information content (AvgIpc) is 2.75. The van der Waals surface area contributed by atoms with Crippen molar-refractivity contribution in [2.45, 2.75) is 51.2 Å². The van der Waals surface area contributed by atoms with E-state index in [4.69, 9.17) is 10.00 Å². The van der Waals surface area contributed by atoms with Gasteiger partial charge in [-0.05, 0) is 33.2 Å². The molecule has 0 saturated heterocycles. The molecule has 0 N–H and O–H groups in total. The molecule has 0 aromatic carbocycles. The second-order valence-electron chi connectivity index (χ2n) is 5.21. The largest absolute Gasteiger partial charge is 0.378 e. The fourth-order valence-electron chi connectivity index (χ4n) is 3.69. The van der Waals surface area contributed by atoms with Crippen LogP contribution in [0.1, 0.15) is 39.0 Å². The van der Waals surface area contributed by atoms with Crippen LogP contribution < -0.4 is 0 Å². The van der Waals surface area contributed by atoms with Crippen molar-refractivity contribution < 1.29 is 4.74 Å². The molecule has 2 saturated carbocycles. The molecule has 2 aliphatic carbocycles. The molecule has 0 radical (unpaired) electrons. The molecule has 2 aliphatic rings. The molecule has 90 valence electrons. The Hall–Kier alpha value is -0.590. The zero-order valence-corrected chi connectivity index (χ0v) is 10.4. The topological polar surface area (TPSA) is 36.3 Å². The van der Waals surface area contributed by atoms with Crippen LogP contribution in [-0.2, 0) is 4.74 Å². The third-order valence-electron chi connectivity index (χ3n) is 4.50. The summed E-state index contributed by atoms with van der Waals surface area (Å²) in [7, 11) is 2.08. The Morgan fingerprint density at radius 3 is 2.69 bits per heavy atom. The molecule has 0 aliphatic heterocycles. The smallest absolute Gasteiger partial charge is 0.0866 e. The van der Waals surface area contributed by atoms with Crippen molar-refractivity contribution >= 4 is 0 Å². The van der Waals surface area contributed by atoms with E-state index in [-0.39, 0.29) is 0 Å². The van der Waals surface area contributed by atoms with Gasteiger partial charge in [0, 0.05) is 18.1 Å². The second-order valence-corrected chi connectivity index (χ2v) is 5.21. The predicted octanol–water partition coefficient (Wildman–Crippen LogP) is 2.18. The summed E-state index contributed by atoms with van der Waals surface area (Å²) in [6.45, 7) is 3.45. The molecule has 0 aromatic heterocycles. The zero-order valence-electron chi connectivity index (χ0n) is 10.4. The van der Waals surface area contributed by atoms with Gasteiger partial charge in [-0.2, -0.15) is 5.26 Å². The van der Waals surface area contributed by atoms with Crippen LogP contribution in [0.2, 0.25) is 0 Å². The van der Waals surface area contributed by atoms with Gasteiger partial charge < -0.3 is 4.74 Å². The minimum absolute atomic E-state index is 0.377. The normalized spacial score (nSPS) is 31.6. The first-order valence-corrected chi connectivity index (χ1v) is 6.43. The van der Waals surface area contributed by atoms with Crippen LogP contribution in [-0.4, -0.2) is 37.2 Å². The Bertz CT molecular complexity index is 278. The lowest BCUT2D eigenvalue weighted by Gasteiger charge is -2.56. The van der Waals surface area contributed by atoms with Crippen molar-refractivity contribution in [2.24, 2.45) is 5.41 Å². The monoisotopic (exact) mass is 222 g/mol. The van der Waals surface area contributed by atoms with Crippen LogP contribution in [0.5, 0.6) is 0 Å². The third-order valence-corrected chi connectivity index (χ3v) is 4.50. The molecule has 2 rings (SSSR count). The maximum atomic E-state index is 8.78. The number of nitriles is 1. The molecule has 0 heterocycles. The van der Waals surface area contributed by atoms with Crippen LogP contribution in [0.4, 0.5) is 0 Å². The van der Waals surface area contributed by atoms with E-state index in [0.29, 0.717) is 24.1 Å². The van der Waals surface area contributed by atoms with Crippen molar-refractivity contribution in [3.05, 3.63) is 0 Å². The second kappa shape index (κ2) is 4.73. The standard InChI is InChI=1S/C13H22N2O/c1-3-16-12-10-11(15(2)9-8-14)13(12)6-4-5-7-13/h11-12H,3-7,9-10H2,1-2H3/t11-,12-/m1/s1. The van der Waals surface area contributed by atoms with E-state index in [2.05, 4.69) is 24.9 Å². The Morgan fingerprint density at radius 2 is 2.12 bits per heavy atom. The molecule has 3 heteroatoms. The summed E-state index contributed by atoms with van der Waals surface area (Å²) in [5, 5.41) is 8.78. The minimum Gasteiger partial charge on any atom is -0.378 e. The maximum absolute atomic E-state index is 8.78. The van der Waals surface area contributed by atoms with E-state index in [9.17, 15) is 0 Å². The fraction of sp³-hybridized carbons (Fsp3) is 0.923. The molecule has 2 atom stereocenters. The fourth-order valence-corrected chi connectivity index (χ4v) is 3.69. The lowest BCUT2D eigenvalue weighted by Crippen LogP contribution is -2.62. The van der Waals surface area contributed by atoms with Crippen LogP contribution in [0, 0.1) is 16.7 Å². The summed E-state index contributed by atoms with van der Waals surface area (Å²) in [5.41, 5.74) is 0.377. The van der Waals surface area contributed by atoms with E-state index >= 15 is 0 Å². The van der Waals surface area contributed by atoms with Crippen LogP contribution in [0.15, 0.2) is 0 Å². The van der Waals surface area contributed by atoms with Gasteiger partial charge in [0.2, 0.25) is 0 Å². The summed E-state index contributed by atoms with van der Waals surface area (Å²) in [5.74, 6) is 0. The predicted molar refractivity (Wildman–Crippen MR) is 63.0 cm³/mol. The quantitative estimate of drug-likeness (QED) is 0.684. The molecule has 3 nitrogen and oxygen atoms in total. The highest BCUT2D eigenvalue weighted by Gasteiger charge is 2.57. The maximum Gasteiger partial charge on any atom is 0.0866 e. The molecule has 0 aromatic rings. The van der Waals surface area contributed by atoms with Crippen LogP contribution in [0.3, 0.4) is 0 Å². The summed E-state index contributed by atoms with van der Waals surface area (Å²) >= 11 is 0. The number of ether oxygens (including phenoxy) is 1. The van der Waals surface area contributed by atoms with Crippen molar-refractivity contribution in [1.82, 2.24) is 4.90 Å². The summed E-state index contributed by atoms with van der Waals surface area (Å²) in [6.07, 6.45) is 6.81. The van der Waals surface area contributed by atoms with Gasteiger partial charge in [0.25, 0.3) is 0 Å². The first-order valence-electron chi connectivity index (χ1n) is 6.43. The summed E-state index contributed by atoms with van der Waals surface area (Å²) in [4.78, 5) is 2.22. The van der Waals surface area contributed by atoms with Crippen molar-refractivity contribution in [1.29, 1.82) is 5.26 Å². The lowest BCUT2D eigenvalue weighted by atomic mass is 9.60. The first kappa shape index (κ1) is 11.9. The summed E-state index contributed by atoms with van der Waals surface area (Å²) < 4.78 is 5.86. The molecule has 0 unspecified atom stereocenters. The third kappa shape index (κ3) is 1.74. The highest BCUT2D eigenvalue weighted by atomic mass is 16.5. The zero-order chi connectivity index (χ0) is 11.6. The van der Waals surface area contributed by atoms with Gasteiger partial charge in [0.05, 0.1) is 18.7 Å². The van der Waals surface area contributed by atoms with Crippen molar-refractivity contribution in [3.63, 3.8) is 0 Å². The number of hydrogen-bond donors (Lipinski definition) is 0. The molecular weight excluding hydrogens is 200 g/mol. The number of hydrogen-bond acceptors (Lipinski definition) is 3. The molecule has 1 spiro atoms. The lowest BCUT2D eigenvalue weighted by molar-refractivity contribution is -0.158.